The molecule has 3 aromatic heterocycles. The first-order valence-corrected chi connectivity index (χ1v) is 8.99. The molecule has 0 aliphatic rings. The lowest BCUT2D eigenvalue weighted by molar-refractivity contribution is 0.0962. The van der Waals surface area contributed by atoms with Crippen LogP contribution in [0.5, 0.6) is 0 Å². The number of anilines is 1. The minimum atomic E-state index is -0.297. The SMILES string of the molecule is CNC(=O)c1ccc(NC(=O)c2cc(-c3ccco3)nc3c2c(C)nn3C)cc1. The maximum Gasteiger partial charge on any atom is 0.256 e. The van der Waals surface area contributed by atoms with Gasteiger partial charge in [0.15, 0.2) is 11.4 Å². The summed E-state index contributed by atoms with van der Waals surface area (Å²) < 4.78 is 7.10. The molecular formula is C21H19N5O3. The van der Waals surface area contributed by atoms with Crippen molar-refractivity contribution in [3.8, 4) is 11.5 Å². The van der Waals surface area contributed by atoms with Gasteiger partial charge in [0.05, 0.1) is 22.9 Å². The summed E-state index contributed by atoms with van der Waals surface area (Å²) in [6.07, 6.45) is 1.56. The van der Waals surface area contributed by atoms with Gasteiger partial charge in [-0.05, 0) is 49.4 Å². The third-order valence-electron chi connectivity index (χ3n) is 4.62. The minimum absolute atomic E-state index is 0.187. The number of hydrogen-bond acceptors (Lipinski definition) is 5. The van der Waals surface area contributed by atoms with E-state index in [2.05, 4.69) is 20.7 Å². The molecule has 0 saturated carbocycles. The highest BCUT2D eigenvalue weighted by Gasteiger charge is 2.20. The van der Waals surface area contributed by atoms with Gasteiger partial charge in [-0.15, -0.1) is 0 Å². The molecule has 2 amide bonds. The zero-order valence-electron chi connectivity index (χ0n) is 16.2. The lowest BCUT2D eigenvalue weighted by atomic mass is 10.1. The van der Waals surface area contributed by atoms with Gasteiger partial charge in [-0.25, -0.2) is 4.98 Å². The van der Waals surface area contributed by atoms with Crippen LogP contribution in [0.3, 0.4) is 0 Å². The van der Waals surface area contributed by atoms with Crippen LogP contribution in [-0.4, -0.2) is 33.6 Å². The lowest BCUT2D eigenvalue weighted by Gasteiger charge is -2.09. The number of carbonyl (C=O) groups is 2. The second-order valence-electron chi connectivity index (χ2n) is 6.55. The lowest BCUT2D eigenvalue weighted by Crippen LogP contribution is -2.18. The number of fused-ring (bicyclic) bond motifs is 1. The largest absolute Gasteiger partial charge is 0.463 e. The average molecular weight is 389 g/mol. The predicted molar refractivity (Wildman–Crippen MR) is 109 cm³/mol. The van der Waals surface area contributed by atoms with E-state index in [0.717, 1.165) is 0 Å². The maximum absolute atomic E-state index is 13.1. The summed E-state index contributed by atoms with van der Waals surface area (Å²) in [6.45, 7) is 1.84. The molecule has 0 fully saturated rings. The van der Waals surface area contributed by atoms with E-state index in [9.17, 15) is 9.59 Å². The van der Waals surface area contributed by atoms with E-state index < -0.39 is 0 Å². The minimum Gasteiger partial charge on any atom is -0.463 e. The zero-order chi connectivity index (χ0) is 20.5. The van der Waals surface area contributed by atoms with Crippen molar-refractivity contribution in [3.05, 3.63) is 65.5 Å². The Morgan fingerprint density at radius 2 is 1.86 bits per heavy atom. The Hall–Kier alpha value is -3.94. The Morgan fingerprint density at radius 1 is 1.10 bits per heavy atom. The van der Waals surface area contributed by atoms with Crippen LogP contribution in [-0.2, 0) is 7.05 Å². The Bertz CT molecular complexity index is 1210. The molecule has 146 valence electrons. The normalized spacial score (nSPS) is 10.9. The molecule has 2 N–H and O–H groups in total. The summed E-state index contributed by atoms with van der Waals surface area (Å²) in [5, 5.41) is 10.5. The van der Waals surface area contributed by atoms with E-state index >= 15 is 0 Å². The van der Waals surface area contributed by atoms with Gasteiger partial charge in [0.25, 0.3) is 11.8 Å². The van der Waals surface area contributed by atoms with E-state index in [1.165, 1.54) is 0 Å². The molecule has 0 radical (unpaired) electrons. The molecule has 0 aliphatic carbocycles. The van der Waals surface area contributed by atoms with E-state index in [-0.39, 0.29) is 11.8 Å². The van der Waals surface area contributed by atoms with Crippen LogP contribution in [0.15, 0.2) is 53.1 Å². The maximum atomic E-state index is 13.1. The summed E-state index contributed by atoms with van der Waals surface area (Å²) >= 11 is 0. The number of nitrogens with zero attached hydrogens (tertiary/aromatic N) is 3. The number of benzene rings is 1. The van der Waals surface area contributed by atoms with Gasteiger partial charge < -0.3 is 15.1 Å². The molecule has 0 bridgehead atoms. The molecule has 0 unspecified atom stereocenters. The third-order valence-corrected chi connectivity index (χ3v) is 4.62. The number of furan rings is 1. The number of carbonyl (C=O) groups excluding carboxylic acids is 2. The number of aryl methyl sites for hydroxylation is 2. The molecule has 0 aliphatic heterocycles. The molecule has 4 rings (SSSR count). The van der Waals surface area contributed by atoms with Gasteiger partial charge in [-0.3, -0.25) is 14.3 Å². The zero-order valence-corrected chi connectivity index (χ0v) is 16.2. The van der Waals surface area contributed by atoms with Gasteiger partial charge in [0.2, 0.25) is 0 Å². The topological polar surface area (TPSA) is 102 Å². The van der Waals surface area contributed by atoms with Gasteiger partial charge in [0.1, 0.15) is 5.69 Å². The van der Waals surface area contributed by atoms with Crippen molar-refractivity contribution in [2.24, 2.45) is 7.05 Å². The van der Waals surface area contributed by atoms with Crippen LogP contribution in [0.2, 0.25) is 0 Å². The number of hydrogen-bond donors (Lipinski definition) is 2. The van der Waals surface area contributed by atoms with Crippen molar-refractivity contribution in [2.75, 3.05) is 12.4 Å². The van der Waals surface area contributed by atoms with Gasteiger partial charge in [-0.1, -0.05) is 0 Å². The number of rotatable bonds is 4. The monoisotopic (exact) mass is 389 g/mol. The summed E-state index contributed by atoms with van der Waals surface area (Å²) in [6, 6.07) is 11.9. The smallest absolute Gasteiger partial charge is 0.256 e. The van der Waals surface area contributed by atoms with Crippen molar-refractivity contribution in [3.63, 3.8) is 0 Å². The number of amides is 2. The third kappa shape index (κ3) is 3.36. The summed E-state index contributed by atoms with van der Waals surface area (Å²) in [5.74, 6) is 0.0801. The average Bonchev–Trinajstić information content (AvgIpc) is 3.36. The summed E-state index contributed by atoms with van der Waals surface area (Å²) in [5.41, 5.74) is 3.39. The number of nitrogens with one attached hydrogen (secondary N) is 2. The van der Waals surface area contributed by atoms with E-state index in [0.29, 0.717) is 45.0 Å². The van der Waals surface area contributed by atoms with Crippen molar-refractivity contribution in [2.45, 2.75) is 6.92 Å². The van der Waals surface area contributed by atoms with Crippen LogP contribution in [0.25, 0.3) is 22.5 Å². The highest BCUT2D eigenvalue weighted by molar-refractivity contribution is 6.13. The Labute approximate surface area is 166 Å². The van der Waals surface area contributed by atoms with Crippen molar-refractivity contribution >= 4 is 28.5 Å². The van der Waals surface area contributed by atoms with Crippen LogP contribution in [0, 0.1) is 6.92 Å². The Morgan fingerprint density at radius 3 is 2.52 bits per heavy atom. The fraction of sp³-hybridized carbons (Fsp3) is 0.143. The molecule has 8 nitrogen and oxygen atoms in total. The Kier molecular flexibility index (Phi) is 4.59. The van der Waals surface area contributed by atoms with Crippen molar-refractivity contribution < 1.29 is 14.0 Å². The van der Waals surface area contributed by atoms with E-state index in [1.807, 2.05) is 6.92 Å². The second-order valence-corrected chi connectivity index (χ2v) is 6.55. The number of aromatic nitrogens is 3. The second kappa shape index (κ2) is 7.23. The first kappa shape index (κ1) is 18.4. The molecule has 0 spiro atoms. The van der Waals surface area contributed by atoms with E-state index in [1.54, 1.807) is 67.5 Å². The number of pyridine rings is 1. The molecule has 29 heavy (non-hydrogen) atoms. The molecule has 4 aromatic rings. The first-order valence-electron chi connectivity index (χ1n) is 8.99. The van der Waals surface area contributed by atoms with Gasteiger partial charge in [0, 0.05) is 25.3 Å². The quantitative estimate of drug-likeness (QED) is 0.558. The molecule has 0 saturated heterocycles. The summed E-state index contributed by atoms with van der Waals surface area (Å²) in [4.78, 5) is 29.4. The van der Waals surface area contributed by atoms with Gasteiger partial charge >= 0.3 is 0 Å². The fourth-order valence-corrected chi connectivity index (χ4v) is 3.22. The molecule has 3 heterocycles. The molecule has 0 atom stereocenters. The Balaban J connectivity index is 1.74. The van der Waals surface area contributed by atoms with Crippen LogP contribution in [0.4, 0.5) is 5.69 Å². The van der Waals surface area contributed by atoms with Crippen molar-refractivity contribution in [1.29, 1.82) is 0 Å². The molecular weight excluding hydrogens is 370 g/mol. The van der Waals surface area contributed by atoms with Gasteiger partial charge in [-0.2, -0.15) is 5.10 Å². The summed E-state index contributed by atoms with van der Waals surface area (Å²) in [7, 11) is 3.35. The van der Waals surface area contributed by atoms with Crippen LogP contribution in [0.1, 0.15) is 26.4 Å². The fourth-order valence-electron chi connectivity index (χ4n) is 3.22. The first-order chi connectivity index (χ1) is 14.0. The van der Waals surface area contributed by atoms with Crippen molar-refractivity contribution in [1.82, 2.24) is 20.1 Å². The van der Waals surface area contributed by atoms with Crippen LogP contribution < -0.4 is 10.6 Å². The highest BCUT2D eigenvalue weighted by Crippen LogP contribution is 2.27. The standard InChI is InChI=1S/C21H19N5O3/c1-12-18-15(21(28)23-14-8-6-13(7-9-14)20(27)22-2)11-16(17-5-4-10-29-17)24-19(18)26(3)25-12/h4-11H,1-3H3,(H,22,27)(H,23,28). The van der Waals surface area contributed by atoms with Crippen LogP contribution >= 0.6 is 0 Å². The highest BCUT2D eigenvalue weighted by atomic mass is 16.3. The molecule has 1 aromatic carbocycles. The predicted octanol–water partition coefficient (Wildman–Crippen LogP) is 3.15. The molecule has 8 heteroatoms. The van der Waals surface area contributed by atoms with E-state index in [4.69, 9.17) is 4.42 Å².